The van der Waals surface area contributed by atoms with Crippen molar-refractivity contribution in [3.63, 3.8) is 0 Å². The van der Waals surface area contributed by atoms with Crippen molar-refractivity contribution < 1.29 is 4.79 Å². The molecule has 0 radical (unpaired) electrons. The molecule has 11 heavy (non-hydrogen) atoms. The smallest absolute Gasteiger partial charge is 0.242 e. The van der Waals surface area contributed by atoms with E-state index in [0.29, 0.717) is 6.42 Å². The number of aliphatic imine (C=N–C) groups is 1. The van der Waals surface area contributed by atoms with Crippen LogP contribution in [-0.4, -0.2) is 17.1 Å². The van der Waals surface area contributed by atoms with Gasteiger partial charge in [-0.1, -0.05) is 0 Å². The SMILES string of the molecule is CC(=O)N=CCc1cscn1. The minimum Gasteiger partial charge on any atom is -0.273 e. The van der Waals surface area contributed by atoms with E-state index in [2.05, 4.69) is 9.98 Å². The van der Waals surface area contributed by atoms with Gasteiger partial charge in [-0.3, -0.25) is 4.79 Å². The Labute approximate surface area is 68.8 Å². The average molecular weight is 168 g/mol. The first-order chi connectivity index (χ1) is 5.29. The molecule has 1 aromatic rings. The van der Waals surface area contributed by atoms with Crippen molar-refractivity contribution in [3.8, 4) is 0 Å². The normalized spacial score (nSPS) is 10.6. The zero-order valence-electron chi connectivity index (χ0n) is 6.15. The lowest BCUT2D eigenvalue weighted by atomic mass is 10.4. The molecule has 1 heterocycles. The maximum absolute atomic E-state index is 10.4. The molecule has 1 rings (SSSR count). The summed E-state index contributed by atoms with van der Waals surface area (Å²) in [5.74, 6) is -0.166. The Bertz CT molecular complexity index is 253. The van der Waals surface area contributed by atoms with E-state index in [1.165, 1.54) is 6.92 Å². The van der Waals surface area contributed by atoms with E-state index >= 15 is 0 Å². The first kappa shape index (κ1) is 8.07. The molecule has 0 spiro atoms. The third-order valence-corrected chi connectivity index (χ3v) is 1.69. The molecule has 1 amide bonds. The van der Waals surface area contributed by atoms with E-state index in [0.717, 1.165) is 5.69 Å². The number of thiazole rings is 1. The quantitative estimate of drug-likeness (QED) is 0.625. The van der Waals surface area contributed by atoms with Gasteiger partial charge < -0.3 is 0 Å². The fourth-order valence-corrected chi connectivity index (χ4v) is 1.18. The van der Waals surface area contributed by atoms with Crippen LogP contribution in [-0.2, 0) is 11.2 Å². The lowest BCUT2D eigenvalue weighted by Gasteiger charge is -1.83. The summed E-state index contributed by atoms with van der Waals surface area (Å²) in [7, 11) is 0. The number of carbonyl (C=O) groups excluding carboxylic acids is 1. The fourth-order valence-electron chi connectivity index (χ4n) is 0.606. The Morgan fingerprint density at radius 3 is 3.27 bits per heavy atom. The molecular formula is C7H8N2OS. The number of nitrogens with zero attached hydrogens (tertiary/aromatic N) is 2. The summed E-state index contributed by atoms with van der Waals surface area (Å²) in [5.41, 5.74) is 2.72. The number of hydrogen-bond donors (Lipinski definition) is 0. The maximum atomic E-state index is 10.4. The first-order valence-electron chi connectivity index (χ1n) is 3.19. The molecule has 4 heteroatoms. The average Bonchev–Trinajstić information content (AvgIpc) is 2.39. The van der Waals surface area contributed by atoms with Crippen molar-refractivity contribution >= 4 is 23.5 Å². The van der Waals surface area contributed by atoms with Gasteiger partial charge in [0.15, 0.2) is 0 Å². The predicted molar refractivity (Wildman–Crippen MR) is 45.0 cm³/mol. The van der Waals surface area contributed by atoms with Crippen molar-refractivity contribution in [2.24, 2.45) is 4.99 Å². The van der Waals surface area contributed by atoms with Gasteiger partial charge >= 0.3 is 0 Å². The molecular weight excluding hydrogens is 160 g/mol. The Hall–Kier alpha value is -1.03. The Balaban J connectivity index is 2.40. The third kappa shape index (κ3) is 3.04. The first-order valence-corrected chi connectivity index (χ1v) is 4.13. The molecule has 3 nitrogen and oxygen atoms in total. The fraction of sp³-hybridized carbons (Fsp3) is 0.286. The number of carbonyl (C=O) groups is 1. The van der Waals surface area contributed by atoms with Crippen LogP contribution < -0.4 is 0 Å². The van der Waals surface area contributed by atoms with E-state index < -0.39 is 0 Å². The number of rotatable bonds is 2. The van der Waals surface area contributed by atoms with Crippen LogP contribution in [0.5, 0.6) is 0 Å². The van der Waals surface area contributed by atoms with E-state index in [1.807, 2.05) is 5.38 Å². The summed E-state index contributed by atoms with van der Waals surface area (Å²) in [6.07, 6.45) is 2.22. The Morgan fingerprint density at radius 1 is 1.91 bits per heavy atom. The van der Waals surface area contributed by atoms with Gasteiger partial charge in [0.25, 0.3) is 0 Å². The monoisotopic (exact) mass is 168 g/mol. The van der Waals surface area contributed by atoms with Crippen LogP contribution in [0, 0.1) is 0 Å². The van der Waals surface area contributed by atoms with Gasteiger partial charge in [0.1, 0.15) is 0 Å². The minimum atomic E-state index is -0.166. The van der Waals surface area contributed by atoms with Gasteiger partial charge in [-0.2, -0.15) is 0 Å². The van der Waals surface area contributed by atoms with Crippen molar-refractivity contribution in [2.75, 3.05) is 0 Å². The van der Waals surface area contributed by atoms with Gasteiger partial charge in [-0.15, -0.1) is 11.3 Å². The largest absolute Gasteiger partial charge is 0.273 e. The van der Waals surface area contributed by atoms with Crippen LogP contribution >= 0.6 is 11.3 Å². The summed E-state index contributed by atoms with van der Waals surface area (Å²) >= 11 is 1.54. The predicted octanol–water partition coefficient (Wildman–Crippen LogP) is 1.30. The van der Waals surface area contributed by atoms with Crippen LogP contribution in [0.3, 0.4) is 0 Å². The molecule has 0 aliphatic carbocycles. The molecule has 0 aromatic carbocycles. The molecule has 0 unspecified atom stereocenters. The van der Waals surface area contributed by atoms with E-state index in [4.69, 9.17) is 0 Å². The molecule has 0 aliphatic rings. The second kappa shape index (κ2) is 3.98. The van der Waals surface area contributed by atoms with Crippen LogP contribution in [0.4, 0.5) is 0 Å². The van der Waals surface area contributed by atoms with Crippen molar-refractivity contribution in [2.45, 2.75) is 13.3 Å². The Morgan fingerprint density at radius 2 is 2.73 bits per heavy atom. The van der Waals surface area contributed by atoms with Crippen LogP contribution in [0.25, 0.3) is 0 Å². The van der Waals surface area contributed by atoms with Crippen LogP contribution in [0.1, 0.15) is 12.6 Å². The van der Waals surface area contributed by atoms with Crippen molar-refractivity contribution in [1.29, 1.82) is 0 Å². The summed E-state index contributed by atoms with van der Waals surface area (Å²) in [6.45, 7) is 1.43. The molecule has 0 saturated carbocycles. The standard InChI is InChI=1S/C7H8N2OS/c1-6(10)8-3-2-7-4-11-5-9-7/h3-5H,2H2,1H3. The zero-order chi connectivity index (χ0) is 8.10. The highest BCUT2D eigenvalue weighted by Crippen LogP contribution is 1.99. The molecule has 0 bridgehead atoms. The molecule has 0 fully saturated rings. The molecule has 0 N–H and O–H groups in total. The minimum absolute atomic E-state index is 0.166. The van der Waals surface area contributed by atoms with Gasteiger partial charge in [0.05, 0.1) is 11.2 Å². The van der Waals surface area contributed by atoms with Gasteiger partial charge in [-0.05, 0) is 0 Å². The lowest BCUT2D eigenvalue weighted by Crippen LogP contribution is -1.89. The molecule has 0 atom stereocenters. The molecule has 0 saturated heterocycles. The number of aromatic nitrogens is 1. The summed E-state index contributed by atoms with van der Waals surface area (Å²) in [6, 6.07) is 0. The van der Waals surface area contributed by atoms with E-state index in [9.17, 15) is 4.79 Å². The van der Waals surface area contributed by atoms with E-state index in [1.54, 1.807) is 23.1 Å². The zero-order valence-corrected chi connectivity index (χ0v) is 6.97. The highest BCUT2D eigenvalue weighted by Gasteiger charge is 1.90. The highest BCUT2D eigenvalue weighted by molar-refractivity contribution is 7.07. The van der Waals surface area contributed by atoms with Gasteiger partial charge in [0, 0.05) is 24.9 Å². The summed E-state index contributed by atoms with van der Waals surface area (Å²) in [4.78, 5) is 18.0. The van der Waals surface area contributed by atoms with Crippen LogP contribution in [0.15, 0.2) is 15.9 Å². The Kier molecular flexibility index (Phi) is 2.92. The highest BCUT2D eigenvalue weighted by atomic mass is 32.1. The molecule has 58 valence electrons. The molecule has 0 aliphatic heterocycles. The van der Waals surface area contributed by atoms with Gasteiger partial charge in [0.2, 0.25) is 5.91 Å². The molecule has 1 aromatic heterocycles. The van der Waals surface area contributed by atoms with Crippen LogP contribution in [0.2, 0.25) is 0 Å². The van der Waals surface area contributed by atoms with E-state index in [-0.39, 0.29) is 5.91 Å². The summed E-state index contributed by atoms with van der Waals surface area (Å²) in [5, 5.41) is 1.94. The lowest BCUT2D eigenvalue weighted by molar-refractivity contribution is -0.115. The maximum Gasteiger partial charge on any atom is 0.242 e. The third-order valence-electron chi connectivity index (χ3n) is 1.06. The van der Waals surface area contributed by atoms with Crippen molar-refractivity contribution in [1.82, 2.24) is 4.98 Å². The van der Waals surface area contributed by atoms with Crippen molar-refractivity contribution in [3.05, 3.63) is 16.6 Å². The second-order valence-corrected chi connectivity index (χ2v) is 2.73. The second-order valence-electron chi connectivity index (χ2n) is 2.01. The summed E-state index contributed by atoms with van der Waals surface area (Å²) < 4.78 is 0. The van der Waals surface area contributed by atoms with Gasteiger partial charge in [-0.25, -0.2) is 9.98 Å². The number of amides is 1. The number of hydrogen-bond acceptors (Lipinski definition) is 3. The topological polar surface area (TPSA) is 42.3 Å².